The molecule has 1 atom stereocenters. The second kappa shape index (κ2) is 9.44. The Kier molecular flexibility index (Phi) is 6.34. The molecule has 0 saturated carbocycles. The van der Waals surface area contributed by atoms with Crippen molar-refractivity contribution in [1.29, 1.82) is 0 Å². The number of hydrogen-bond donors (Lipinski definition) is 0. The lowest BCUT2D eigenvalue weighted by molar-refractivity contribution is 0.0730. The first-order valence-electron chi connectivity index (χ1n) is 11.3. The van der Waals surface area contributed by atoms with Crippen LogP contribution in [0.15, 0.2) is 74.8 Å². The number of halogens is 1. The van der Waals surface area contributed by atoms with E-state index in [4.69, 9.17) is 20.8 Å². The third-order valence-corrected chi connectivity index (χ3v) is 7.63. The number of methoxy groups -OCH3 is 1. The van der Waals surface area contributed by atoms with E-state index >= 15 is 0 Å². The fourth-order valence-electron chi connectivity index (χ4n) is 4.55. The topological polar surface area (TPSA) is 59.8 Å². The Hall–Kier alpha value is -3.22. The van der Waals surface area contributed by atoms with E-state index in [1.165, 1.54) is 0 Å². The van der Waals surface area contributed by atoms with E-state index in [2.05, 4.69) is 0 Å². The number of benzene rings is 3. The van der Waals surface area contributed by atoms with Crippen LogP contribution in [0.5, 0.6) is 5.75 Å². The van der Waals surface area contributed by atoms with Gasteiger partial charge in [0.25, 0.3) is 5.91 Å². The summed E-state index contributed by atoms with van der Waals surface area (Å²) >= 11 is 7.96. The van der Waals surface area contributed by atoms with Crippen LogP contribution in [0.4, 0.5) is 0 Å². The summed E-state index contributed by atoms with van der Waals surface area (Å²) in [6, 6.07) is 18.6. The Bertz CT molecular complexity index is 1480. The molecule has 35 heavy (non-hydrogen) atoms. The molecule has 178 valence electrons. The smallest absolute Gasteiger partial charge is 0.290 e. The number of carbonyl (C=O) groups is 1. The van der Waals surface area contributed by atoms with Gasteiger partial charge in [0.1, 0.15) is 11.3 Å². The fraction of sp³-hybridized carbons (Fsp3) is 0.214. The predicted molar refractivity (Wildman–Crippen MR) is 140 cm³/mol. The van der Waals surface area contributed by atoms with Crippen LogP contribution >= 0.6 is 23.4 Å². The standard InChI is InChI=1S/C28H24ClNO4S/c1-16-14-23-21(15-22(16)29)26(31)24-25(18-6-10-20(35-3)11-7-18)30(28(32)27(24)34-23)13-12-17-4-8-19(33-2)9-5-17/h4-11,14-15,25H,12-13H2,1-3H3/t25-/m1/s1. The Morgan fingerprint density at radius 1 is 1.06 bits per heavy atom. The minimum Gasteiger partial charge on any atom is -0.497 e. The second-order valence-corrected chi connectivity index (χ2v) is 9.83. The molecule has 0 bridgehead atoms. The molecular weight excluding hydrogens is 482 g/mol. The van der Waals surface area contributed by atoms with Crippen molar-refractivity contribution in [1.82, 2.24) is 4.90 Å². The molecule has 4 aromatic rings. The lowest BCUT2D eigenvalue weighted by Gasteiger charge is -2.25. The number of nitrogens with zero attached hydrogens (tertiary/aromatic N) is 1. The van der Waals surface area contributed by atoms with Gasteiger partial charge in [-0.3, -0.25) is 9.59 Å². The van der Waals surface area contributed by atoms with E-state index in [0.717, 1.165) is 27.3 Å². The molecule has 0 N–H and O–H groups in total. The van der Waals surface area contributed by atoms with Crippen molar-refractivity contribution in [2.75, 3.05) is 19.9 Å². The van der Waals surface area contributed by atoms with E-state index < -0.39 is 6.04 Å². The number of hydrogen-bond acceptors (Lipinski definition) is 5. The van der Waals surface area contributed by atoms with Gasteiger partial charge in [-0.25, -0.2) is 0 Å². The van der Waals surface area contributed by atoms with Crippen molar-refractivity contribution in [3.63, 3.8) is 0 Å². The van der Waals surface area contributed by atoms with Gasteiger partial charge in [-0.2, -0.15) is 0 Å². The maximum atomic E-state index is 13.7. The van der Waals surface area contributed by atoms with E-state index in [9.17, 15) is 9.59 Å². The zero-order valence-corrected chi connectivity index (χ0v) is 21.2. The molecule has 0 unspecified atom stereocenters. The molecular formula is C28H24ClNO4S. The van der Waals surface area contributed by atoms with Gasteiger partial charge in [0.2, 0.25) is 5.76 Å². The van der Waals surface area contributed by atoms with Crippen LogP contribution in [0.1, 0.15) is 38.9 Å². The van der Waals surface area contributed by atoms with Crippen molar-refractivity contribution in [3.8, 4) is 5.75 Å². The summed E-state index contributed by atoms with van der Waals surface area (Å²) in [7, 11) is 1.63. The minimum absolute atomic E-state index is 0.109. The lowest BCUT2D eigenvalue weighted by Crippen LogP contribution is -2.31. The maximum absolute atomic E-state index is 13.7. The van der Waals surface area contributed by atoms with E-state index in [1.807, 2.05) is 61.7 Å². The molecule has 1 aromatic heterocycles. The fourth-order valence-corrected chi connectivity index (χ4v) is 5.12. The quantitative estimate of drug-likeness (QED) is 0.289. The van der Waals surface area contributed by atoms with Crippen LogP contribution in [-0.4, -0.2) is 30.7 Å². The van der Waals surface area contributed by atoms with Crippen LogP contribution < -0.4 is 10.2 Å². The molecule has 0 radical (unpaired) electrons. The van der Waals surface area contributed by atoms with Crippen molar-refractivity contribution in [2.24, 2.45) is 0 Å². The van der Waals surface area contributed by atoms with Gasteiger partial charge in [0.05, 0.1) is 24.1 Å². The molecule has 5 rings (SSSR count). The van der Waals surface area contributed by atoms with Gasteiger partial charge in [-0.05, 0) is 72.7 Å². The van der Waals surface area contributed by atoms with Crippen LogP contribution in [0.25, 0.3) is 11.0 Å². The molecule has 5 nitrogen and oxygen atoms in total. The summed E-state index contributed by atoms with van der Waals surface area (Å²) in [4.78, 5) is 30.2. The zero-order valence-electron chi connectivity index (χ0n) is 19.6. The highest BCUT2D eigenvalue weighted by Crippen LogP contribution is 2.39. The average molecular weight is 506 g/mol. The number of aryl methyl sites for hydroxylation is 1. The van der Waals surface area contributed by atoms with Crippen LogP contribution in [0, 0.1) is 6.92 Å². The van der Waals surface area contributed by atoms with Gasteiger partial charge in [-0.1, -0.05) is 35.9 Å². The Balaban J connectivity index is 1.61. The van der Waals surface area contributed by atoms with Gasteiger partial charge >= 0.3 is 0 Å². The summed E-state index contributed by atoms with van der Waals surface area (Å²) in [5.74, 6) is 0.609. The van der Waals surface area contributed by atoms with E-state index in [-0.39, 0.29) is 17.1 Å². The molecule has 3 aromatic carbocycles. The molecule has 7 heteroatoms. The monoisotopic (exact) mass is 505 g/mol. The Morgan fingerprint density at radius 3 is 2.43 bits per heavy atom. The van der Waals surface area contributed by atoms with E-state index in [1.54, 1.807) is 35.9 Å². The normalized spacial score (nSPS) is 15.0. The summed E-state index contributed by atoms with van der Waals surface area (Å²) < 4.78 is 11.3. The van der Waals surface area contributed by atoms with Gasteiger partial charge < -0.3 is 14.1 Å². The highest BCUT2D eigenvalue weighted by Gasteiger charge is 2.42. The van der Waals surface area contributed by atoms with Crippen molar-refractivity contribution < 1.29 is 13.9 Å². The molecule has 1 aliphatic rings. The molecule has 0 fully saturated rings. The first kappa shape index (κ1) is 23.5. The second-order valence-electron chi connectivity index (χ2n) is 8.54. The third-order valence-electron chi connectivity index (χ3n) is 6.48. The Morgan fingerprint density at radius 2 is 1.77 bits per heavy atom. The number of amides is 1. The average Bonchev–Trinajstić information content (AvgIpc) is 3.16. The minimum atomic E-state index is -0.535. The molecule has 0 spiro atoms. The first-order chi connectivity index (χ1) is 16.9. The molecule has 1 amide bonds. The highest BCUT2D eigenvalue weighted by atomic mass is 35.5. The molecule has 0 aliphatic carbocycles. The number of fused-ring (bicyclic) bond motifs is 2. The zero-order chi connectivity index (χ0) is 24.7. The van der Waals surface area contributed by atoms with Crippen LogP contribution in [0.2, 0.25) is 5.02 Å². The SMILES string of the molecule is COc1ccc(CCN2C(=O)c3oc4cc(C)c(Cl)cc4c(=O)c3[C@H]2c2ccc(SC)cc2)cc1. The van der Waals surface area contributed by atoms with Gasteiger partial charge in [0, 0.05) is 16.5 Å². The first-order valence-corrected chi connectivity index (χ1v) is 12.9. The number of ether oxygens (including phenoxy) is 1. The summed E-state index contributed by atoms with van der Waals surface area (Å²) in [5, 5.41) is 0.876. The van der Waals surface area contributed by atoms with Crippen molar-refractivity contribution >= 4 is 40.2 Å². The predicted octanol–water partition coefficient (Wildman–Crippen LogP) is 6.27. The maximum Gasteiger partial charge on any atom is 0.290 e. The van der Waals surface area contributed by atoms with Crippen molar-refractivity contribution in [3.05, 3.63) is 104 Å². The largest absolute Gasteiger partial charge is 0.497 e. The van der Waals surface area contributed by atoms with Gasteiger partial charge in [-0.15, -0.1) is 11.8 Å². The number of rotatable bonds is 6. The van der Waals surface area contributed by atoms with E-state index in [0.29, 0.717) is 34.5 Å². The molecule has 2 heterocycles. The third kappa shape index (κ3) is 4.21. The summed E-state index contributed by atoms with van der Waals surface area (Å²) in [6.45, 7) is 2.27. The summed E-state index contributed by atoms with van der Waals surface area (Å²) in [6.07, 6.45) is 2.64. The Labute approximate surface area is 212 Å². The lowest BCUT2D eigenvalue weighted by atomic mass is 9.98. The number of thioether (sulfide) groups is 1. The van der Waals surface area contributed by atoms with Gasteiger partial charge in [0.15, 0.2) is 5.43 Å². The van der Waals surface area contributed by atoms with Crippen LogP contribution in [0.3, 0.4) is 0 Å². The molecule has 1 aliphatic heterocycles. The van der Waals surface area contributed by atoms with Crippen molar-refractivity contribution in [2.45, 2.75) is 24.3 Å². The number of carbonyl (C=O) groups excluding carboxylic acids is 1. The molecule has 0 saturated heterocycles. The summed E-state index contributed by atoms with van der Waals surface area (Å²) in [5.41, 5.74) is 3.24. The highest BCUT2D eigenvalue weighted by molar-refractivity contribution is 7.98. The van der Waals surface area contributed by atoms with Crippen LogP contribution in [-0.2, 0) is 6.42 Å².